The van der Waals surface area contributed by atoms with Gasteiger partial charge in [0.05, 0.1) is 5.70 Å². The van der Waals surface area contributed by atoms with Gasteiger partial charge in [-0.05, 0) is 101 Å². The van der Waals surface area contributed by atoms with Crippen molar-refractivity contribution in [2.75, 3.05) is 5.32 Å². The molecular formula is C60H100N4O6. The molecule has 2 amide bonds. The van der Waals surface area contributed by atoms with Crippen molar-refractivity contribution in [1.82, 2.24) is 9.88 Å². The first kappa shape index (κ1) is 58.9. The van der Waals surface area contributed by atoms with Gasteiger partial charge in [-0.2, -0.15) is 0 Å². The highest BCUT2D eigenvalue weighted by molar-refractivity contribution is 6.26. The molecule has 1 aromatic rings. The van der Waals surface area contributed by atoms with Gasteiger partial charge in [-0.25, -0.2) is 14.6 Å². The highest BCUT2D eigenvalue weighted by Crippen LogP contribution is 2.52. The van der Waals surface area contributed by atoms with E-state index in [1.807, 2.05) is 73.1 Å². The summed E-state index contributed by atoms with van der Waals surface area (Å²) >= 11 is 0. The Morgan fingerprint density at radius 3 is 1.33 bits per heavy atom. The molecule has 2 aliphatic carbocycles. The fraction of sp³-hybridized carbons (Fsp3) is 0.783. The van der Waals surface area contributed by atoms with Crippen molar-refractivity contribution in [3.05, 3.63) is 33.7 Å². The molecule has 0 aromatic carbocycles. The quantitative estimate of drug-likeness (QED) is 0.201. The Labute approximate surface area is 426 Å². The minimum Gasteiger partial charge on any atom is -0.458 e. The van der Waals surface area contributed by atoms with Crippen molar-refractivity contribution in [2.45, 2.75) is 223 Å². The molecule has 1 aliphatic heterocycles. The Bertz CT molecular complexity index is 2160. The Morgan fingerprint density at radius 2 is 0.986 bits per heavy atom. The van der Waals surface area contributed by atoms with E-state index in [0.717, 1.165) is 25.7 Å². The van der Waals surface area contributed by atoms with Gasteiger partial charge >= 0.3 is 11.9 Å². The van der Waals surface area contributed by atoms with Gasteiger partial charge in [0.25, 0.3) is 0 Å². The molecule has 2 N–H and O–H groups in total. The number of aliphatic imine (C=N–C) groups is 1. The topological polar surface area (TPSA) is 128 Å². The number of hydrogen-bond donors (Lipinski definition) is 2. The third-order valence-corrected chi connectivity index (χ3v) is 16.9. The normalized spacial score (nSPS) is 25.9. The summed E-state index contributed by atoms with van der Waals surface area (Å²) in [4.78, 5) is 64.4. The maximum atomic E-state index is 15.4. The first-order valence-corrected chi connectivity index (χ1v) is 27.0. The number of nitrogens with one attached hydrogen (secondary N) is 2. The van der Waals surface area contributed by atoms with Crippen molar-refractivity contribution in [2.24, 2.45) is 86.0 Å². The Hall–Kier alpha value is -3.69. The number of aromatic nitrogens is 1. The van der Waals surface area contributed by atoms with Crippen LogP contribution in [0.5, 0.6) is 0 Å². The second-order valence-corrected chi connectivity index (χ2v) is 28.3. The van der Waals surface area contributed by atoms with E-state index in [1.165, 1.54) is 0 Å². The minimum atomic E-state index is -0.748. The van der Waals surface area contributed by atoms with E-state index in [4.69, 9.17) is 14.5 Å². The van der Waals surface area contributed by atoms with Gasteiger partial charge in [-0.1, -0.05) is 166 Å². The van der Waals surface area contributed by atoms with Gasteiger partial charge < -0.3 is 24.7 Å². The van der Waals surface area contributed by atoms with Crippen molar-refractivity contribution in [1.29, 1.82) is 0 Å². The number of carbonyl (C=O) groups is 4. The summed E-state index contributed by atoms with van der Waals surface area (Å²) in [6.07, 6.45) is 6.14. The van der Waals surface area contributed by atoms with Crippen LogP contribution in [0.4, 0.5) is 5.82 Å². The third-order valence-electron chi connectivity index (χ3n) is 16.9. The largest absolute Gasteiger partial charge is 0.458 e. The fourth-order valence-electron chi connectivity index (χ4n) is 11.4. The number of amidine groups is 1. The van der Waals surface area contributed by atoms with Crippen molar-refractivity contribution in [3.63, 3.8) is 0 Å². The highest BCUT2D eigenvalue weighted by Gasteiger charge is 2.51. The Balaban J connectivity index is 2.08. The van der Waals surface area contributed by atoms with Gasteiger partial charge in [0, 0.05) is 47.2 Å². The summed E-state index contributed by atoms with van der Waals surface area (Å²) in [6.45, 7) is 51.2. The molecule has 396 valence electrons. The maximum absolute atomic E-state index is 15.4. The zero-order valence-corrected chi connectivity index (χ0v) is 48.9. The second-order valence-electron chi connectivity index (χ2n) is 28.3. The maximum Gasteiger partial charge on any atom is 0.342 e. The summed E-state index contributed by atoms with van der Waals surface area (Å²) in [5.74, 6) is 0.0455. The zero-order chi connectivity index (χ0) is 53.8. The molecule has 0 saturated heterocycles. The monoisotopic (exact) mass is 973 g/mol. The van der Waals surface area contributed by atoms with Crippen molar-refractivity contribution >= 4 is 41.5 Å². The lowest BCUT2D eigenvalue weighted by Crippen LogP contribution is -2.50. The summed E-state index contributed by atoms with van der Waals surface area (Å²) in [6, 6.07) is 0. The number of amides is 2. The number of anilines is 1. The van der Waals surface area contributed by atoms with Crippen molar-refractivity contribution in [3.8, 4) is 0 Å². The van der Waals surface area contributed by atoms with Gasteiger partial charge in [-0.15, -0.1) is 0 Å². The molecule has 4 atom stereocenters. The predicted molar refractivity (Wildman–Crippen MR) is 289 cm³/mol. The number of carbonyl (C=O) groups excluding carboxylic acids is 4. The smallest absolute Gasteiger partial charge is 0.342 e. The molecule has 4 unspecified atom stereocenters. The summed E-state index contributed by atoms with van der Waals surface area (Å²) in [5.41, 5.74) is 1.06. The first-order chi connectivity index (χ1) is 31.7. The van der Waals surface area contributed by atoms with Crippen LogP contribution < -0.4 is 10.6 Å². The number of ether oxygens (including phenoxy) is 2. The molecular weight excluding hydrogens is 873 g/mol. The predicted octanol–water partition coefficient (Wildman–Crippen LogP) is 14.7. The molecule has 2 fully saturated rings. The molecule has 1 aromatic heterocycles. The minimum absolute atomic E-state index is 0.105. The molecule has 2 saturated carbocycles. The van der Waals surface area contributed by atoms with Crippen LogP contribution in [0.15, 0.2) is 21.8 Å². The van der Waals surface area contributed by atoms with Crippen LogP contribution in [0.3, 0.4) is 0 Å². The van der Waals surface area contributed by atoms with Crippen LogP contribution in [-0.2, 0) is 30.9 Å². The van der Waals surface area contributed by atoms with Gasteiger partial charge in [-0.3, -0.25) is 9.59 Å². The Morgan fingerprint density at radius 1 is 0.614 bits per heavy atom. The number of hydrogen-bond acceptors (Lipinski definition) is 7. The zero-order valence-electron chi connectivity index (χ0n) is 48.9. The van der Waals surface area contributed by atoms with Gasteiger partial charge in [0.2, 0.25) is 11.8 Å². The third kappa shape index (κ3) is 12.7. The average molecular weight is 973 g/mol. The van der Waals surface area contributed by atoms with E-state index in [-0.39, 0.29) is 92.6 Å². The molecule has 10 heteroatoms. The van der Waals surface area contributed by atoms with E-state index in [1.54, 1.807) is 0 Å². The molecule has 4 rings (SSSR count). The molecule has 0 bridgehead atoms. The lowest BCUT2D eigenvalue weighted by Gasteiger charge is -2.50. The summed E-state index contributed by atoms with van der Waals surface area (Å²) in [5, 5.41) is 6.35. The van der Waals surface area contributed by atoms with Crippen LogP contribution >= 0.6 is 0 Å². The van der Waals surface area contributed by atoms with E-state index in [9.17, 15) is 9.59 Å². The van der Waals surface area contributed by atoms with Crippen LogP contribution in [0.1, 0.15) is 232 Å². The number of nitrogens with zero attached hydrogens (tertiary/aromatic N) is 2. The van der Waals surface area contributed by atoms with Crippen LogP contribution in [-0.4, -0.2) is 46.4 Å². The first-order valence-electron chi connectivity index (χ1n) is 27.0. The van der Waals surface area contributed by atoms with Crippen LogP contribution in [0.2, 0.25) is 0 Å². The summed E-state index contributed by atoms with van der Waals surface area (Å²) < 4.78 is 15.7. The van der Waals surface area contributed by atoms with E-state index < -0.39 is 22.8 Å². The molecule has 10 nitrogen and oxygen atoms in total. The molecule has 2 heterocycles. The Kier molecular flexibility index (Phi) is 17.7. The molecule has 0 spiro atoms. The number of allylic oxidation sites excluding steroid dienone is 1. The van der Waals surface area contributed by atoms with Crippen LogP contribution in [0.25, 0.3) is 6.08 Å². The highest BCUT2D eigenvalue weighted by atomic mass is 16.5. The molecule has 70 heavy (non-hydrogen) atoms. The fourth-order valence-corrected chi connectivity index (χ4v) is 11.4. The SMILES string of the molecule is CCC(C)(C)C(=O)NC1=N/C(=C\c2c(C(C)C)c(C(=O)OC3C(C(C)(C)C)CC(C)CC3C(C)(C)C)c(NC(=O)C(C)(C)CC)n2C)C(C(C)C)=C1C(=O)OC1C(C(C)(C)C)CC(C)CC1C(C)(C)C. The standard InChI is InChI=1S/C60H100N4O6/c1-26-59(21,22)53(67)62-49-45(51(65)69-47-37(55(9,10)11)28-35(7)29-38(47)56(12,13)14)43(33(3)4)41(61-49)32-42-44(34(5)6)46(50(64(42)25)63-54(68)60(23,24)27-2)52(66)70-48-39(57(15,16)17)30-36(8)31-40(48)58(18,19)20/h32-40,47-48H,26-31H2,1-25H3,(H,63,68)(H,61,62,67)/b41-32-. The van der Waals surface area contributed by atoms with E-state index in [0.29, 0.717) is 58.6 Å². The van der Waals surface area contributed by atoms with Gasteiger partial charge in [0.15, 0.2) is 0 Å². The number of esters is 2. The average Bonchev–Trinajstić information content (AvgIpc) is 3.70. The lowest BCUT2D eigenvalue weighted by atomic mass is 9.59. The van der Waals surface area contributed by atoms with E-state index in [2.05, 4.69) is 121 Å². The lowest BCUT2D eigenvalue weighted by molar-refractivity contribution is -0.164. The molecule has 0 radical (unpaired) electrons. The summed E-state index contributed by atoms with van der Waals surface area (Å²) in [7, 11) is 1.87. The van der Waals surface area contributed by atoms with Crippen molar-refractivity contribution < 1.29 is 28.7 Å². The van der Waals surface area contributed by atoms with Gasteiger partial charge in [0.1, 0.15) is 35.0 Å². The second kappa shape index (κ2) is 21.0. The molecule has 3 aliphatic rings. The van der Waals surface area contributed by atoms with Crippen LogP contribution in [0, 0.1) is 73.9 Å². The van der Waals surface area contributed by atoms with E-state index >= 15 is 9.59 Å². The number of rotatable bonds is 12.